The molecule has 0 saturated carbocycles. The quantitative estimate of drug-likeness (QED) is 0.736. The molecule has 0 bridgehead atoms. The molecule has 100 valence electrons. The summed E-state index contributed by atoms with van der Waals surface area (Å²) in [5.41, 5.74) is 2.33. The van der Waals surface area contributed by atoms with E-state index >= 15 is 0 Å². The van der Waals surface area contributed by atoms with E-state index in [-0.39, 0.29) is 18.1 Å². The average Bonchev–Trinajstić information content (AvgIpc) is 2.25. The van der Waals surface area contributed by atoms with E-state index in [2.05, 4.69) is 0 Å². The van der Waals surface area contributed by atoms with Crippen molar-refractivity contribution in [3.05, 3.63) is 34.9 Å². The minimum absolute atomic E-state index is 0.114. The van der Waals surface area contributed by atoms with Gasteiger partial charge in [0.1, 0.15) is 5.75 Å². The van der Waals surface area contributed by atoms with Crippen molar-refractivity contribution in [1.82, 2.24) is 0 Å². The number of Topliss-reactive ketones (excluding diaryl/α,β-unsaturated/α-hetero) is 1. The van der Waals surface area contributed by atoms with E-state index in [1.54, 1.807) is 6.07 Å². The second kappa shape index (κ2) is 6.11. The van der Waals surface area contributed by atoms with Crippen LogP contribution in [0.3, 0.4) is 0 Å². The van der Waals surface area contributed by atoms with Crippen LogP contribution < -0.4 is 0 Å². The summed E-state index contributed by atoms with van der Waals surface area (Å²) in [4.78, 5) is 11.9. The van der Waals surface area contributed by atoms with Crippen LogP contribution in [0.1, 0.15) is 21.5 Å². The molecule has 0 atom stereocenters. The zero-order chi connectivity index (χ0) is 13.8. The van der Waals surface area contributed by atoms with Gasteiger partial charge in [-0.25, -0.2) is 8.42 Å². The summed E-state index contributed by atoms with van der Waals surface area (Å²) >= 11 is 0. The first-order chi connectivity index (χ1) is 8.35. The molecule has 0 saturated heterocycles. The molecule has 18 heavy (non-hydrogen) atoms. The number of benzene rings is 1. The number of ether oxygens (including phenoxy) is 1. The smallest absolute Gasteiger partial charge is 0.178 e. The van der Waals surface area contributed by atoms with E-state index in [9.17, 15) is 13.2 Å². The van der Waals surface area contributed by atoms with Crippen molar-refractivity contribution in [2.75, 3.05) is 25.2 Å². The van der Waals surface area contributed by atoms with Gasteiger partial charge in [-0.1, -0.05) is 23.8 Å². The first-order valence-corrected chi connectivity index (χ1v) is 7.47. The standard InChI is InChI=1S/C13H18O4S/c1-10-4-5-12(11(2)8-10)13(14)9-18(15,16)7-6-17-3/h4-5,8H,6-7,9H2,1-3H3. The van der Waals surface area contributed by atoms with Crippen LogP contribution in [-0.4, -0.2) is 39.4 Å². The van der Waals surface area contributed by atoms with Crippen LogP contribution in [-0.2, 0) is 14.6 Å². The summed E-state index contributed by atoms with van der Waals surface area (Å²) in [7, 11) is -1.96. The zero-order valence-corrected chi connectivity index (χ0v) is 11.7. The molecule has 4 nitrogen and oxygen atoms in total. The summed E-state index contributed by atoms with van der Waals surface area (Å²) in [5, 5.41) is 0. The Bertz CT molecular complexity index is 532. The third-order valence-electron chi connectivity index (χ3n) is 2.63. The van der Waals surface area contributed by atoms with Crippen molar-refractivity contribution >= 4 is 15.6 Å². The van der Waals surface area contributed by atoms with Crippen LogP contribution in [0, 0.1) is 13.8 Å². The van der Waals surface area contributed by atoms with Gasteiger partial charge in [-0.05, 0) is 19.4 Å². The van der Waals surface area contributed by atoms with Gasteiger partial charge in [-0.15, -0.1) is 0 Å². The lowest BCUT2D eigenvalue weighted by molar-refractivity contribution is 0.102. The van der Waals surface area contributed by atoms with Gasteiger partial charge in [0.2, 0.25) is 0 Å². The fourth-order valence-corrected chi connectivity index (χ4v) is 2.81. The van der Waals surface area contributed by atoms with E-state index in [4.69, 9.17) is 4.74 Å². The topological polar surface area (TPSA) is 60.4 Å². The lowest BCUT2D eigenvalue weighted by Crippen LogP contribution is -2.21. The highest BCUT2D eigenvalue weighted by atomic mass is 32.2. The molecule has 0 N–H and O–H groups in total. The minimum atomic E-state index is -3.39. The summed E-state index contributed by atoms with van der Waals surface area (Å²) in [6.07, 6.45) is 0. The Morgan fingerprint density at radius 2 is 1.94 bits per heavy atom. The van der Waals surface area contributed by atoms with Crippen molar-refractivity contribution in [2.45, 2.75) is 13.8 Å². The first-order valence-electron chi connectivity index (χ1n) is 5.65. The van der Waals surface area contributed by atoms with E-state index in [0.29, 0.717) is 5.56 Å². The Balaban J connectivity index is 2.83. The molecule has 5 heteroatoms. The van der Waals surface area contributed by atoms with Gasteiger partial charge in [0, 0.05) is 12.7 Å². The minimum Gasteiger partial charge on any atom is -0.384 e. The van der Waals surface area contributed by atoms with Crippen LogP contribution >= 0.6 is 0 Å². The molecule has 0 heterocycles. The first kappa shape index (κ1) is 14.9. The normalized spacial score (nSPS) is 11.5. The number of hydrogen-bond donors (Lipinski definition) is 0. The van der Waals surface area contributed by atoms with Gasteiger partial charge >= 0.3 is 0 Å². The second-order valence-electron chi connectivity index (χ2n) is 4.33. The Morgan fingerprint density at radius 1 is 1.28 bits per heavy atom. The predicted octanol–water partition coefficient (Wildman–Crippen LogP) is 1.55. The number of methoxy groups -OCH3 is 1. The maximum Gasteiger partial charge on any atom is 0.178 e. The SMILES string of the molecule is COCCS(=O)(=O)CC(=O)c1ccc(C)cc1C. The summed E-state index contributed by atoms with van der Waals surface area (Å²) in [5.74, 6) is -0.941. The molecule has 0 unspecified atom stereocenters. The van der Waals surface area contributed by atoms with Crippen molar-refractivity contribution < 1.29 is 17.9 Å². The van der Waals surface area contributed by atoms with E-state index in [0.717, 1.165) is 11.1 Å². The van der Waals surface area contributed by atoms with Crippen molar-refractivity contribution in [3.63, 3.8) is 0 Å². The largest absolute Gasteiger partial charge is 0.384 e. The lowest BCUT2D eigenvalue weighted by Gasteiger charge is -2.07. The fourth-order valence-electron chi connectivity index (χ4n) is 1.69. The number of ketones is 1. The Labute approximate surface area is 108 Å². The number of hydrogen-bond acceptors (Lipinski definition) is 4. The maximum absolute atomic E-state index is 11.9. The molecule has 0 radical (unpaired) electrons. The molecule has 0 aliphatic heterocycles. The van der Waals surface area contributed by atoms with Gasteiger partial charge in [-0.2, -0.15) is 0 Å². The van der Waals surface area contributed by atoms with Crippen LogP contribution in [0.5, 0.6) is 0 Å². The predicted molar refractivity (Wildman–Crippen MR) is 70.8 cm³/mol. The molecule has 1 aromatic rings. The molecule has 1 aromatic carbocycles. The van der Waals surface area contributed by atoms with Crippen molar-refractivity contribution in [2.24, 2.45) is 0 Å². The highest BCUT2D eigenvalue weighted by molar-refractivity contribution is 7.92. The molecular formula is C13H18O4S. The lowest BCUT2D eigenvalue weighted by atomic mass is 10.0. The summed E-state index contributed by atoms with van der Waals surface area (Å²) in [6.45, 7) is 3.85. The van der Waals surface area contributed by atoms with E-state index < -0.39 is 15.6 Å². The molecular weight excluding hydrogens is 252 g/mol. The van der Waals surface area contributed by atoms with Gasteiger partial charge in [0.15, 0.2) is 15.6 Å². The van der Waals surface area contributed by atoms with Crippen molar-refractivity contribution in [1.29, 1.82) is 0 Å². The van der Waals surface area contributed by atoms with E-state index in [1.165, 1.54) is 7.11 Å². The fraction of sp³-hybridized carbons (Fsp3) is 0.462. The highest BCUT2D eigenvalue weighted by Gasteiger charge is 2.19. The zero-order valence-electron chi connectivity index (χ0n) is 10.9. The Kier molecular flexibility index (Phi) is 5.04. The van der Waals surface area contributed by atoms with Gasteiger partial charge in [0.25, 0.3) is 0 Å². The number of sulfone groups is 1. The second-order valence-corrected chi connectivity index (χ2v) is 6.51. The van der Waals surface area contributed by atoms with Crippen molar-refractivity contribution in [3.8, 4) is 0 Å². The summed E-state index contributed by atoms with van der Waals surface area (Å²) in [6, 6.07) is 5.36. The molecule has 0 aliphatic rings. The molecule has 0 spiro atoms. The maximum atomic E-state index is 11.9. The van der Waals surface area contributed by atoms with Crippen LogP contribution in [0.4, 0.5) is 0 Å². The van der Waals surface area contributed by atoms with E-state index in [1.807, 2.05) is 26.0 Å². The Morgan fingerprint density at radius 3 is 2.50 bits per heavy atom. The number of carbonyl (C=O) groups is 1. The third kappa shape index (κ3) is 4.23. The van der Waals surface area contributed by atoms with Crippen LogP contribution in [0.25, 0.3) is 0 Å². The monoisotopic (exact) mass is 270 g/mol. The molecule has 0 amide bonds. The molecule has 0 aromatic heterocycles. The summed E-state index contributed by atoms with van der Waals surface area (Å²) < 4.78 is 28.0. The van der Waals surface area contributed by atoms with Crippen LogP contribution in [0.15, 0.2) is 18.2 Å². The number of carbonyl (C=O) groups excluding carboxylic acids is 1. The van der Waals surface area contributed by atoms with Gasteiger partial charge < -0.3 is 4.74 Å². The molecule has 0 aliphatic carbocycles. The average molecular weight is 270 g/mol. The number of aryl methyl sites for hydroxylation is 2. The Hall–Kier alpha value is -1.20. The highest BCUT2D eigenvalue weighted by Crippen LogP contribution is 2.12. The number of rotatable bonds is 6. The molecule has 1 rings (SSSR count). The van der Waals surface area contributed by atoms with Gasteiger partial charge in [-0.3, -0.25) is 4.79 Å². The van der Waals surface area contributed by atoms with Crippen LogP contribution in [0.2, 0.25) is 0 Å². The molecule has 0 fully saturated rings. The third-order valence-corrected chi connectivity index (χ3v) is 4.12. The van der Waals surface area contributed by atoms with Gasteiger partial charge in [0.05, 0.1) is 12.4 Å².